The van der Waals surface area contributed by atoms with Crippen LogP contribution in [0.3, 0.4) is 0 Å². The van der Waals surface area contributed by atoms with Gasteiger partial charge in [0.1, 0.15) is 13.1 Å². The number of urea groups is 1. The normalized spacial score (nSPS) is 14.8. The van der Waals surface area contributed by atoms with E-state index in [9.17, 15) is 24.0 Å². The monoisotopic (exact) mass is 283 g/mol. The van der Waals surface area contributed by atoms with Crippen LogP contribution in [0.5, 0.6) is 0 Å². The van der Waals surface area contributed by atoms with Crippen molar-refractivity contribution in [1.82, 2.24) is 14.7 Å². The number of hydrogen-bond donors (Lipinski definition) is 1. The van der Waals surface area contributed by atoms with Crippen LogP contribution in [-0.4, -0.2) is 76.2 Å². The summed E-state index contributed by atoms with van der Waals surface area (Å²) in [5, 5.41) is 8.54. The number of carboxylic acids is 1. The Morgan fingerprint density at radius 1 is 1.25 bits per heavy atom. The predicted octanol–water partition coefficient (Wildman–Crippen LogP) is -1.49. The number of aliphatic carboxylic acids is 1. The summed E-state index contributed by atoms with van der Waals surface area (Å²) in [6, 6.07) is -0.919. The van der Waals surface area contributed by atoms with Gasteiger partial charge in [0.05, 0.1) is 0 Å². The summed E-state index contributed by atoms with van der Waals surface area (Å²) in [6.07, 6.45) is 1.27. The molecule has 0 spiro atoms. The molecule has 0 bridgehead atoms. The first-order valence-electron chi connectivity index (χ1n) is 5.53. The van der Waals surface area contributed by atoms with E-state index in [-0.39, 0.29) is 6.54 Å². The average Bonchev–Trinajstić information content (AvgIpc) is 2.55. The number of amides is 5. The zero-order valence-corrected chi connectivity index (χ0v) is 10.7. The van der Waals surface area contributed by atoms with E-state index >= 15 is 0 Å². The third kappa shape index (κ3) is 2.99. The molecule has 1 aliphatic heterocycles. The third-order valence-electron chi connectivity index (χ3n) is 2.54. The minimum atomic E-state index is -1.23. The lowest BCUT2D eigenvalue weighted by Crippen LogP contribution is -2.43. The van der Waals surface area contributed by atoms with Crippen molar-refractivity contribution < 1.29 is 29.1 Å². The van der Waals surface area contributed by atoms with Gasteiger partial charge < -0.3 is 10.0 Å². The second-order valence-electron chi connectivity index (χ2n) is 4.02. The van der Waals surface area contributed by atoms with Crippen molar-refractivity contribution in [3.05, 3.63) is 12.7 Å². The number of hydrogen-bond acceptors (Lipinski definition) is 5. The molecule has 20 heavy (non-hydrogen) atoms. The van der Waals surface area contributed by atoms with Crippen molar-refractivity contribution in [1.29, 1.82) is 0 Å². The molecule has 0 aromatic carbocycles. The van der Waals surface area contributed by atoms with Crippen molar-refractivity contribution in [3.63, 3.8) is 0 Å². The zero-order valence-electron chi connectivity index (χ0n) is 10.7. The molecule has 9 nitrogen and oxygen atoms in total. The van der Waals surface area contributed by atoms with Gasteiger partial charge in [0.25, 0.3) is 0 Å². The SMILES string of the molecule is C=CCN1C(=O)C(=O)N(CC(=O)N(C)CC(=O)O)C1=O. The van der Waals surface area contributed by atoms with Crippen LogP contribution in [0.15, 0.2) is 12.7 Å². The lowest BCUT2D eigenvalue weighted by Gasteiger charge is -2.18. The molecule has 0 unspecified atom stereocenters. The van der Waals surface area contributed by atoms with E-state index in [1.807, 2.05) is 0 Å². The summed E-state index contributed by atoms with van der Waals surface area (Å²) < 4.78 is 0. The van der Waals surface area contributed by atoms with Crippen molar-refractivity contribution in [2.75, 3.05) is 26.7 Å². The maximum absolute atomic E-state index is 11.8. The second-order valence-corrected chi connectivity index (χ2v) is 4.02. The molecule has 0 atom stereocenters. The van der Waals surface area contributed by atoms with Gasteiger partial charge >= 0.3 is 23.8 Å². The average molecular weight is 283 g/mol. The summed E-state index contributed by atoms with van der Waals surface area (Å²) >= 11 is 0. The minimum absolute atomic E-state index is 0.140. The first kappa shape index (κ1) is 15.3. The van der Waals surface area contributed by atoms with Crippen molar-refractivity contribution in [3.8, 4) is 0 Å². The lowest BCUT2D eigenvalue weighted by atomic mass is 10.4. The summed E-state index contributed by atoms with van der Waals surface area (Å²) in [6.45, 7) is 1.96. The standard InChI is InChI=1S/C11H13N3O6/c1-3-4-13-9(18)10(19)14(11(13)20)5-7(15)12(2)6-8(16)17/h3H,1,4-6H2,2H3,(H,16,17). The molecule has 1 N–H and O–H groups in total. The molecule has 1 saturated heterocycles. The number of rotatable bonds is 6. The van der Waals surface area contributed by atoms with Crippen LogP contribution in [0, 0.1) is 0 Å². The molecular weight excluding hydrogens is 270 g/mol. The highest BCUT2D eigenvalue weighted by Gasteiger charge is 2.44. The van der Waals surface area contributed by atoms with Gasteiger partial charge in [0, 0.05) is 13.6 Å². The van der Waals surface area contributed by atoms with Crippen LogP contribution in [0.4, 0.5) is 4.79 Å². The van der Waals surface area contributed by atoms with E-state index in [4.69, 9.17) is 5.11 Å². The topological polar surface area (TPSA) is 115 Å². The van der Waals surface area contributed by atoms with E-state index < -0.39 is 42.8 Å². The molecule has 0 aromatic rings. The molecule has 0 aromatic heterocycles. The number of carboxylic acid groups (broad SMARTS) is 1. The largest absolute Gasteiger partial charge is 0.480 e. The van der Waals surface area contributed by atoms with E-state index in [0.29, 0.717) is 9.80 Å². The number of carbonyl (C=O) groups is 5. The first-order valence-corrected chi connectivity index (χ1v) is 5.53. The van der Waals surface area contributed by atoms with Crippen molar-refractivity contribution in [2.45, 2.75) is 0 Å². The lowest BCUT2D eigenvalue weighted by molar-refractivity contribution is -0.146. The zero-order chi connectivity index (χ0) is 15.4. The number of nitrogens with zero attached hydrogens (tertiary/aromatic N) is 3. The molecule has 5 amide bonds. The Balaban J connectivity index is 2.77. The summed E-state index contributed by atoms with van der Waals surface area (Å²) in [5.41, 5.74) is 0. The Kier molecular flexibility index (Phi) is 4.57. The third-order valence-corrected chi connectivity index (χ3v) is 2.54. The number of carbonyl (C=O) groups excluding carboxylic acids is 4. The van der Waals surface area contributed by atoms with Crippen LogP contribution >= 0.6 is 0 Å². The van der Waals surface area contributed by atoms with Crippen molar-refractivity contribution >= 4 is 29.7 Å². The minimum Gasteiger partial charge on any atom is -0.480 e. The molecule has 9 heteroatoms. The maximum atomic E-state index is 11.8. The van der Waals surface area contributed by atoms with E-state index in [0.717, 1.165) is 4.90 Å². The second kappa shape index (κ2) is 5.95. The Bertz CT molecular complexity index is 500. The van der Waals surface area contributed by atoms with Gasteiger partial charge in [-0.2, -0.15) is 0 Å². The van der Waals surface area contributed by atoms with E-state index in [2.05, 4.69) is 6.58 Å². The molecule has 1 aliphatic rings. The van der Waals surface area contributed by atoms with Gasteiger partial charge in [-0.15, -0.1) is 6.58 Å². The fourth-order valence-corrected chi connectivity index (χ4v) is 1.53. The van der Waals surface area contributed by atoms with Crippen LogP contribution in [0.2, 0.25) is 0 Å². The molecule has 108 valence electrons. The van der Waals surface area contributed by atoms with Crippen LogP contribution in [0.1, 0.15) is 0 Å². The van der Waals surface area contributed by atoms with Gasteiger partial charge in [0.15, 0.2) is 0 Å². The van der Waals surface area contributed by atoms with Gasteiger partial charge in [-0.3, -0.25) is 24.1 Å². The van der Waals surface area contributed by atoms with Gasteiger partial charge in [-0.1, -0.05) is 6.08 Å². The molecule has 1 heterocycles. The van der Waals surface area contributed by atoms with Crippen LogP contribution in [-0.2, 0) is 19.2 Å². The van der Waals surface area contributed by atoms with Crippen LogP contribution < -0.4 is 0 Å². The molecule has 0 aliphatic carbocycles. The number of imide groups is 2. The Hall–Kier alpha value is -2.71. The van der Waals surface area contributed by atoms with Crippen LogP contribution in [0.25, 0.3) is 0 Å². The predicted molar refractivity (Wildman–Crippen MR) is 64.3 cm³/mol. The molecule has 1 rings (SSSR count). The van der Waals surface area contributed by atoms with Gasteiger partial charge in [-0.25, -0.2) is 9.69 Å². The smallest absolute Gasteiger partial charge is 0.335 e. The highest BCUT2D eigenvalue weighted by atomic mass is 16.4. The first-order chi connectivity index (χ1) is 9.29. The highest BCUT2D eigenvalue weighted by molar-refractivity contribution is 6.45. The van der Waals surface area contributed by atoms with Gasteiger partial charge in [-0.05, 0) is 0 Å². The fraction of sp³-hybridized carbons (Fsp3) is 0.364. The molecule has 0 radical (unpaired) electrons. The Morgan fingerprint density at radius 2 is 1.80 bits per heavy atom. The Labute approximate surface area is 114 Å². The molecular formula is C11H13N3O6. The maximum Gasteiger partial charge on any atom is 0.335 e. The molecule has 0 saturated carbocycles. The Morgan fingerprint density at radius 3 is 2.30 bits per heavy atom. The van der Waals surface area contributed by atoms with E-state index in [1.54, 1.807) is 0 Å². The fourth-order valence-electron chi connectivity index (χ4n) is 1.53. The van der Waals surface area contributed by atoms with E-state index in [1.165, 1.54) is 13.1 Å². The molecule has 1 fully saturated rings. The number of likely N-dealkylation sites (N-methyl/N-ethyl adjacent to an activating group) is 1. The summed E-state index contributed by atoms with van der Waals surface area (Å²) in [4.78, 5) is 58.9. The summed E-state index contributed by atoms with van der Waals surface area (Å²) in [5.74, 6) is -4.15. The summed E-state index contributed by atoms with van der Waals surface area (Å²) in [7, 11) is 1.21. The quantitative estimate of drug-likeness (QED) is 0.360. The highest BCUT2D eigenvalue weighted by Crippen LogP contribution is 2.11. The van der Waals surface area contributed by atoms with Crippen molar-refractivity contribution in [2.24, 2.45) is 0 Å². The van der Waals surface area contributed by atoms with Gasteiger partial charge in [0.2, 0.25) is 5.91 Å².